The summed E-state index contributed by atoms with van der Waals surface area (Å²) in [5, 5.41) is 0. The predicted molar refractivity (Wildman–Crippen MR) is 72.7 cm³/mol. The molecule has 0 spiro atoms. The third-order valence-electron chi connectivity index (χ3n) is 3.32. The summed E-state index contributed by atoms with van der Waals surface area (Å²) in [4.78, 5) is 13.1. The number of allylic oxidation sites excluding steroid dienone is 1. The maximum Gasteiger partial charge on any atom is 0.256 e. The summed E-state index contributed by atoms with van der Waals surface area (Å²) in [5.41, 5.74) is 2.26. The number of benzene rings is 1. The van der Waals surface area contributed by atoms with Crippen molar-refractivity contribution in [2.24, 2.45) is 0 Å². The first-order valence-electron chi connectivity index (χ1n) is 6.46. The standard InChI is InChI=1S/C15H17F2NO2/c1-10-8-11(20-2)6-7-12(10)13-4-3-5-15(19)18(13)9-14(16)17/h4,6-8,14H,3,5,9H2,1-2H3. The molecule has 0 unspecified atom stereocenters. The Bertz CT molecular complexity index is 541. The number of alkyl halides is 2. The average Bonchev–Trinajstić information content (AvgIpc) is 2.41. The van der Waals surface area contributed by atoms with Gasteiger partial charge < -0.3 is 9.64 Å². The first-order chi connectivity index (χ1) is 9.52. The summed E-state index contributed by atoms with van der Waals surface area (Å²) >= 11 is 0. The smallest absolute Gasteiger partial charge is 0.256 e. The van der Waals surface area contributed by atoms with Crippen molar-refractivity contribution in [2.75, 3.05) is 13.7 Å². The van der Waals surface area contributed by atoms with E-state index < -0.39 is 13.0 Å². The van der Waals surface area contributed by atoms with Crippen molar-refractivity contribution < 1.29 is 18.3 Å². The van der Waals surface area contributed by atoms with Crippen LogP contribution < -0.4 is 4.74 Å². The first-order valence-corrected chi connectivity index (χ1v) is 6.46. The van der Waals surface area contributed by atoms with Crippen molar-refractivity contribution in [3.05, 3.63) is 35.4 Å². The Balaban J connectivity index is 2.38. The van der Waals surface area contributed by atoms with Gasteiger partial charge in [-0.3, -0.25) is 4.79 Å². The van der Waals surface area contributed by atoms with Crippen LogP contribution >= 0.6 is 0 Å². The summed E-state index contributed by atoms with van der Waals surface area (Å²) in [6, 6.07) is 5.40. The molecule has 1 amide bonds. The molecule has 0 radical (unpaired) electrons. The fourth-order valence-electron chi connectivity index (χ4n) is 2.36. The highest BCUT2D eigenvalue weighted by molar-refractivity contribution is 5.89. The zero-order chi connectivity index (χ0) is 14.7. The van der Waals surface area contributed by atoms with Crippen LogP contribution in [0.5, 0.6) is 5.75 Å². The summed E-state index contributed by atoms with van der Waals surface area (Å²) in [5.74, 6) is 0.451. The van der Waals surface area contributed by atoms with Crippen molar-refractivity contribution >= 4 is 11.6 Å². The van der Waals surface area contributed by atoms with Crippen LogP contribution in [0.3, 0.4) is 0 Å². The highest BCUT2D eigenvalue weighted by Gasteiger charge is 2.26. The van der Waals surface area contributed by atoms with Gasteiger partial charge >= 0.3 is 0 Å². The van der Waals surface area contributed by atoms with Crippen LogP contribution in [-0.2, 0) is 4.79 Å². The Hall–Kier alpha value is -1.91. The molecule has 0 saturated heterocycles. The van der Waals surface area contributed by atoms with E-state index in [0.717, 1.165) is 11.1 Å². The monoisotopic (exact) mass is 281 g/mol. The molecule has 1 aromatic carbocycles. The minimum Gasteiger partial charge on any atom is -0.497 e. The van der Waals surface area contributed by atoms with E-state index in [1.54, 1.807) is 19.2 Å². The number of carbonyl (C=O) groups is 1. The summed E-state index contributed by atoms with van der Waals surface area (Å²) in [6.07, 6.45) is 0.169. The van der Waals surface area contributed by atoms with Crippen LogP contribution in [0.15, 0.2) is 24.3 Å². The van der Waals surface area contributed by atoms with Gasteiger partial charge in [0.05, 0.1) is 13.7 Å². The molecular formula is C15H17F2NO2. The number of hydrogen-bond donors (Lipinski definition) is 0. The van der Waals surface area contributed by atoms with Gasteiger partial charge in [-0.2, -0.15) is 0 Å². The highest BCUT2D eigenvalue weighted by atomic mass is 19.3. The normalized spacial score (nSPS) is 15.6. The number of amides is 1. The first kappa shape index (κ1) is 14.5. The van der Waals surface area contributed by atoms with Crippen molar-refractivity contribution in [3.8, 4) is 5.75 Å². The van der Waals surface area contributed by atoms with Gasteiger partial charge in [-0.05, 0) is 37.1 Å². The largest absolute Gasteiger partial charge is 0.497 e. The van der Waals surface area contributed by atoms with Gasteiger partial charge in [0.15, 0.2) is 0 Å². The second-order valence-electron chi connectivity index (χ2n) is 4.70. The van der Waals surface area contributed by atoms with E-state index in [4.69, 9.17) is 4.74 Å². The third-order valence-corrected chi connectivity index (χ3v) is 3.32. The molecule has 20 heavy (non-hydrogen) atoms. The topological polar surface area (TPSA) is 29.5 Å². The van der Waals surface area contributed by atoms with Crippen molar-refractivity contribution in [2.45, 2.75) is 26.2 Å². The summed E-state index contributed by atoms with van der Waals surface area (Å²) in [7, 11) is 1.57. The molecule has 5 heteroatoms. The Morgan fingerprint density at radius 3 is 2.75 bits per heavy atom. The van der Waals surface area contributed by atoms with E-state index >= 15 is 0 Å². The van der Waals surface area contributed by atoms with Crippen molar-refractivity contribution in [1.29, 1.82) is 0 Å². The molecule has 0 atom stereocenters. The van der Waals surface area contributed by atoms with Crippen LogP contribution in [-0.4, -0.2) is 30.9 Å². The lowest BCUT2D eigenvalue weighted by atomic mass is 10.00. The molecule has 0 bridgehead atoms. The number of ether oxygens (including phenoxy) is 1. The predicted octanol–water partition coefficient (Wildman–Crippen LogP) is 3.23. The zero-order valence-electron chi connectivity index (χ0n) is 11.5. The molecule has 1 heterocycles. The highest BCUT2D eigenvalue weighted by Crippen LogP contribution is 2.30. The van der Waals surface area contributed by atoms with E-state index in [1.165, 1.54) is 4.90 Å². The van der Waals surface area contributed by atoms with Crippen LogP contribution in [0.1, 0.15) is 24.0 Å². The van der Waals surface area contributed by atoms with Gasteiger partial charge in [-0.15, -0.1) is 0 Å². The van der Waals surface area contributed by atoms with Crippen molar-refractivity contribution in [1.82, 2.24) is 4.90 Å². The fraction of sp³-hybridized carbons (Fsp3) is 0.400. The number of halogens is 2. The van der Waals surface area contributed by atoms with Gasteiger partial charge in [0.1, 0.15) is 5.75 Å². The van der Waals surface area contributed by atoms with E-state index in [0.29, 0.717) is 17.9 Å². The van der Waals surface area contributed by atoms with Crippen molar-refractivity contribution in [3.63, 3.8) is 0 Å². The Labute approximate surface area is 116 Å². The molecule has 3 nitrogen and oxygen atoms in total. The second-order valence-corrected chi connectivity index (χ2v) is 4.70. The molecule has 2 rings (SSSR count). The molecular weight excluding hydrogens is 264 g/mol. The molecule has 0 fully saturated rings. The quantitative estimate of drug-likeness (QED) is 0.848. The maximum absolute atomic E-state index is 12.7. The molecule has 0 N–H and O–H groups in total. The SMILES string of the molecule is COc1ccc(C2=CCCC(=O)N2CC(F)F)c(C)c1. The number of aryl methyl sites for hydroxylation is 1. The molecule has 1 aliphatic heterocycles. The Kier molecular flexibility index (Phi) is 4.37. The van der Waals surface area contributed by atoms with E-state index in [-0.39, 0.29) is 12.3 Å². The number of carbonyl (C=O) groups excluding carboxylic acids is 1. The third kappa shape index (κ3) is 2.98. The minimum absolute atomic E-state index is 0.252. The molecule has 1 aliphatic rings. The van der Waals surface area contributed by atoms with Crippen LogP contribution in [0, 0.1) is 6.92 Å². The average molecular weight is 281 g/mol. The Morgan fingerprint density at radius 1 is 1.40 bits per heavy atom. The lowest BCUT2D eigenvalue weighted by Gasteiger charge is -2.29. The second kappa shape index (κ2) is 6.03. The fourth-order valence-corrected chi connectivity index (χ4v) is 2.36. The van der Waals surface area contributed by atoms with Gasteiger partial charge in [0.25, 0.3) is 6.43 Å². The van der Waals surface area contributed by atoms with Gasteiger partial charge in [0, 0.05) is 17.7 Å². The van der Waals surface area contributed by atoms with E-state index in [2.05, 4.69) is 0 Å². The summed E-state index contributed by atoms with van der Waals surface area (Å²) in [6.45, 7) is 1.31. The molecule has 0 aromatic heterocycles. The zero-order valence-corrected chi connectivity index (χ0v) is 11.5. The van der Waals surface area contributed by atoms with Crippen LogP contribution in [0.2, 0.25) is 0 Å². The summed E-state index contributed by atoms with van der Waals surface area (Å²) < 4.78 is 30.4. The van der Waals surface area contributed by atoms with Gasteiger partial charge in [-0.25, -0.2) is 8.78 Å². The lowest BCUT2D eigenvalue weighted by molar-refractivity contribution is -0.129. The van der Waals surface area contributed by atoms with Crippen LogP contribution in [0.25, 0.3) is 5.70 Å². The lowest BCUT2D eigenvalue weighted by Crippen LogP contribution is -2.35. The molecule has 108 valence electrons. The molecule has 1 aromatic rings. The molecule has 0 saturated carbocycles. The number of nitrogens with zero attached hydrogens (tertiary/aromatic N) is 1. The van der Waals surface area contributed by atoms with Gasteiger partial charge in [0.2, 0.25) is 5.91 Å². The number of rotatable bonds is 4. The van der Waals surface area contributed by atoms with Crippen LogP contribution in [0.4, 0.5) is 8.78 Å². The minimum atomic E-state index is -2.54. The maximum atomic E-state index is 12.7. The number of methoxy groups -OCH3 is 1. The number of hydrogen-bond acceptors (Lipinski definition) is 2. The van der Waals surface area contributed by atoms with E-state index in [9.17, 15) is 13.6 Å². The van der Waals surface area contributed by atoms with E-state index in [1.807, 2.05) is 19.1 Å². The van der Waals surface area contributed by atoms with Gasteiger partial charge in [-0.1, -0.05) is 6.08 Å². The molecule has 0 aliphatic carbocycles. The Morgan fingerprint density at radius 2 is 2.15 bits per heavy atom.